The van der Waals surface area contributed by atoms with Crippen LogP contribution < -0.4 is 5.32 Å². The summed E-state index contributed by atoms with van der Waals surface area (Å²) >= 11 is 1.45. The number of hydrogen-bond donors (Lipinski definition) is 1. The van der Waals surface area contributed by atoms with Gasteiger partial charge in [-0.05, 0) is 37.4 Å². The maximum atomic E-state index is 12.7. The summed E-state index contributed by atoms with van der Waals surface area (Å²) in [6.07, 6.45) is -2.15. The van der Waals surface area contributed by atoms with Crippen LogP contribution in [0.5, 0.6) is 0 Å². The molecular weight excluding hydrogens is 399 g/mol. The van der Waals surface area contributed by atoms with Crippen molar-refractivity contribution >= 4 is 17.2 Å². The molecule has 1 unspecified atom stereocenters. The van der Waals surface area contributed by atoms with Crippen molar-refractivity contribution in [1.82, 2.24) is 15.2 Å². The molecule has 158 valence electrons. The number of rotatable bonds is 6. The molecule has 8 heteroatoms. The van der Waals surface area contributed by atoms with E-state index in [-0.39, 0.29) is 11.8 Å². The van der Waals surface area contributed by atoms with E-state index < -0.39 is 11.7 Å². The lowest BCUT2D eigenvalue weighted by Gasteiger charge is -2.32. The first-order valence-corrected chi connectivity index (χ1v) is 10.7. The third-order valence-electron chi connectivity index (χ3n) is 5.09. The molecule has 4 nitrogen and oxygen atoms in total. The van der Waals surface area contributed by atoms with Crippen molar-refractivity contribution < 1.29 is 18.0 Å². The Morgan fingerprint density at radius 3 is 2.69 bits per heavy atom. The van der Waals surface area contributed by atoms with Crippen molar-refractivity contribution in [2.45, 2.75) is 39.4 Å². The monoisotopic (exact) mass is 425 g/mol. The standard InChI is InChI=1S/C21H26F3N3OS/c1-14(2)19(28)25-10-15-4-3-9-27(11-15)12-18-13-29-20(26-18)16-5-7-17(8-6-16)21(22,23)24/h5-8,13-15H,3-4,9-12H2,1-2H3,(H,25,28). The highest BCUT2D eigenvalue weighted by Gasteiger charge is 2.30. The summed E-state index contributed by atoms with van der Waals surface area (Å²) < 4.78 is 38.1. The topological polar surface area (TPSA) is 45.2 Å². The van der Waals surface area contributed by atoms with Crippen molar-refractivity contribution in [1.29, 1.82) is 0 Å². The minimum atomic E-state index is -4.33. The largest absolute Gasteiger partial charge is 0.416 e. The van der Waals surface area contributed by atoms with E-state index in [0.29, 0.717) is 24.6 Å². The number of aromatic nitrogens is 1. The van der Waals surface area contributed by atoms with Gasteiger partial charge in [-0.15, -0.1) is 11.3 Å². The highest BCUT2D eigenvalue weighted by Crippen LogP contribution is 2.32. The van der Waals surface area contributed by atoms with E-state index in [9.17, 15) is 18.0 Å². The molecule has 0 aliphatic carbocycles. The fourth-order valence-corrected chi connectivity index (χ4v) is 4.27. The van der Waals surface area contributed by atoms with Crippen LogP contribution in [-0.4, -0.2) is 35.4 Å². The third-order valence-corrected chi connectivity index (χ3v) is 6.03. The Hall–Kier alpha value is -1.93. The summed E-state index contributed by atoms with van der Waals surface area (Å²) in [6, 6.07) is 5.13. The molecule has 1 atom stereocenters. The molecule has 1 aliphatic rings. The Labute approximate surface area is 173 Å². The fourth-order valence-electron chi connectivity index (χ4n) is 3.45. The quantitative estimate of drug-likeness (QED) is 0.722. The lowest BCUT2D eigenvalue weighted by molar-refractivity contribution is -0.137. The van der Waals surface area contributed by atoms with Crippen LogP contribution in [-0.2, 0) is 17.5 Å². The molecule has 1 amide bonds. The molecule has 2 aromatic rings. The van der Waals surface area contributed by atoms with E-state index in [1.807, 2.05) is 19.2 Å². The lowest BCUT2D eigenvalue weighted by Crippen LogP contribution is -2.41. The number of nitrogens with one attached hydrogen (secondary N) is 1. The van der Waals surface area contributed by atoms with Crippen molar-refractivity contribution in [2.75, 3.05) is 19.6 Å². The number of carbonyl (C=O) groups excluding carboxylic acids is 1. The van der Waals surface area contributed by atoms with Gasteiger partial charge in [0.15, 0.2) is 0 Å². The maximum absolute atomic E-state index is 12.7. The number of carbonyl (C=O) groups is 1. The number of benzene rings is 1. The minimum Gasteiger partial charge on any atom is -0.356 e. The zero-order valence-electron chi connectivity index (χ0n) is 16.6. The number of nitrogens with zero attached hydrogens (tertiary/aromatic N) is 2. The molecule has 1 saturated heterocycles. The summed E-state index contributed by atoms with van der Waals surface area (Å²) in [4.78, 5) is 18.7. The molecule has 0 radical (unpaired) electrons. The van der Waals surface area contributed by atoms with Gasteiger partial charge in [0.1, 0.15) is 5.01 Å². The van der Waals surface area contributed by atoms with Crippen LogP contribution in [0.4, 0.5) is 13.2 Å². The first-order valence-electron chi connectivity index (χ1n) is 9.84. The second kappa shape index (κ2) is 9.26. The smallest absolute Gasteiger partial charge is 0.356 e. The molecule has 1 aromatic heterocycles. The number of halogens is 3. The SMILES string of the molecule is CC(C)C(=O)NCC1CCCN(Cc2csc(-c3ccc(C(F)(F)F)cc3)n2)C1. The van der Waals surface area contributed by atoms with Gasteiger partial charge in [0.2, 0.25) is 5.91 Å². The van der Waals surface area contributed by atoms with Crippen LogP contribution in [0.2, 0.25) is 0 Å². The van der Waals surface area contributed by atoms with E-state index >= 15 is 0 Å². The maximum Gasteiger partial charge on any atom is 0.416 e. The van der Waals surface area contributed by atoms with Crippen molar-refractivity contribution in [2.24, 2.45) is 11.8 Å². The Kier molecular flexibility index (Phi) is 6.95. The summed E-state index contributed by atoms with van der Waals surface area (Å²) in [7, 11) is 0. The van der Waals surface area contributed by atoms with Gasteiger partial charge in [-0.1, -0.05) is 26.0 Å². The number of amides is 1. The molecule has 3 rings (SSSR count). The molecule has 0 saturated carbocycles. The molecule has 1 fully saturated rings. The normalized spacial score (nSPS) is 18.2. The summed E-state index contributed by atoms with van der Waals surface area (Å²) in [5.41, 5.74) is 0.973. The van der Waals surface area contributed by atoms with Crippen molar-refractivity contribution in [3.05, 3.63) is 40.9 Å². The Morgan fingerprint density at radius 2 is 2.03 bits per heavy atom. The van der Waals surface area contributed by atoms with Gasteiger partial charge in [-0.25, -0.2) is 4.98 Å². The van der Waals surface area contributed by atoms with Crippen LogP contribution in [0, 0.1) is 11.8 Å². The molecule has 0 bridgehead atoms. The Balaban J connectivity index is 1.56. The molecular formula is C21H26F3N3OS. The summed E-state index contributed by atoms with van der Waals surface area (Å²) in [5.74, 6) is 0.510. The number of thiazole rings is 1. The van der Waals surface area contributed by atoms with Crippen LogP contribution in [0.25, 0.3) is 10.6 Å². The second-order valence-electron chi connectivity index (χ2n) is 7.86. The first-order chi connectivity index (χ1) is 13.7. The van der Waals surface area contributed by atoms with E-state index in [1.165, 1.54) is 23.5 Å². The van der Waals surface area contributed by atoms with Gasteiger partial charge in [0.05, 0.1) is 11.3 Å². The van der Waals surface area contributed by atoms with Gasteiger partial charge in [-0.2, -0.15) is 13.2 Å². The summed E-state index contributed by atoms with van der Waals surface area (Å²) in [5, 5.41) is 5.72. The molecule has 0 spiro atoms. The fraction of sp³-hybridized carbons (Fsp3) is 0.524. The predicted octanol–water partition coefficient (Wildman–Crippen LogP) is 4.81. The number of likely N-dealkylation sites (tertiary alicyclic amines) is 1. The van der Waals surface area contributed by atoms with Gasteiger partial charge in [0.25, 0.3) is 0 Å². The zero-order valence-corrected chi connectivity index (χ0v) is 17.4. The average molecular weight is 426 g/mol. The molecule has 2 heterocycles. The number of hydrogen-bond acceptors (Lipinski definition) is 4. The van der Waals surface area contributed by atoms with Crippen molar-refractivity contribution in [3.8, 4) is 10.6 Å². The molecule has 1 N–H and O–H groups in total. The Morgan fingerprint density at radius 1 is 1.31 bits per heavy atom. The van der Waals surface area contributed by atoms with Crippen LogP contribution in [0.3, 0.4) is 0 Å². The van der Waals surface area contributed by atoms with E-state index in [4.69, 9.17) is 0 Å². The average Bonchev–Trinajstić information content (AvgIpc) is 3.14. The molecule has 29 heavy (non-hydrogen) atoms. The third kappa shape index (κ3) is 6.02. The summed E-state index contributed by atoms with van der Waals surface area (Å²) in [6.45, 7) is 7.08. The Bertz CT molecular complexity index is 817. The number of piperidine rings is 1. The predicted molar refractivity (Wildman–Crippen MR) is 108 cm³/mol. The number of alkyl halides is 3. The van der Waals surface area contributed by atoms with Crippen LogP contribution >= 0.6 is 11.3 Å². The van der Waals surface area contributed by atoms with Crippen LogP contribution in [0.15, 0.2) is 29.6 Å². The van der Waals surface area contributed by atoms with E-state index in [2.05, 4.69) is 15.2 Å². The van der Waals surface area contributed by atoms with Gasteiger partial charge >= 0.3 is 6.18 Å². The second-order valence-corrected chi connectivity index (χ2v) is 8.72. The molecule has 1 aliphatic heterocycles. The van der Waals surface area contributed by atoms with Gasteiger partial charge in [-0.3, -0.25) is 9.69 Å². The zero-order chi connectivity index (χ0) is 21.0. The highest BCUT2D eigenvalue weighted by molar-refractivity contribution is 7.13. The lowest BCUT2D eigenvalue weighted by atomic mass is 9.97. The van der Waals surface area contributed by atoms with E-state index in [1.54, 1.807) is 0 Å². The minimum absolute atomic E-state index is 0.00619. The highest BCUT2D eigenvalue weighted by atomic mass is 32.1. The van der Waals surface area contributed by atoms with Crippen LogP contribution in [0.1, 0.15) is 37.9 Å². The van der Waals surface area contributed by atoms with Gasteiger partial charge in [0, 0.05) is 36.5 Å². The molecule has 1 aromatic carbocycles. The first kappa shape index (κ1) is 21.8. The van der Waals surface area contributed by atoms with Crippen molar-refractivity contribution in [3.63, 3.8) is 0 Å². The van der Waals surface area contributed by atoms with Gasteiger partial charge < -0.3 is 5.32 Å². The van der Waals surface area contributed by atoms with E-state index in [0.717, 1.165) is 48.8 Å².